The third-order valence-electron chi connectivity index (χ3n) is 1.97. The van der Waals surface area contributed by atoms with E-state index in [2.05, 4.69) is 11.8 Å². The van der Waals surface area contributed by atoms with Gasteiger partial charge in [-0.2, -0.15) is 0 Å². The average Bonchev–Trinajstić information content (AvgIpc) is 2.06. The SMILES string of the molecule is CCCN1CCOCC1OC. The van der Waals surface area contributed by atoms with E-state index in [1.165, 1.54) is 6.42 Å². The van der Waals surface area contributed by atoms with Crippen molar-refractivity contribution in [2.75, 3.05) is 33.4 Å². The van der Waals surface area contributed by atoms with Crippen molar-refractivity contribution in [1.29, 1.82) is 0 Å². The summed E-state index contributed by atoms with van der Waals surface area (Å²) in [7, 11) is 1.74. The molecular weight excluding hydrogens is 142 g/mol. The lowest BCUT2D eigenvalue weighted by atomic mass is 10.3. The highest BCUT2D eigenvalue weighted by molar-refractivity contribution is 4.66. The summed E-state index contributed by atoms with van der Waals surface area (Å²) in [6.45, 7) is 5.87. The van der Waals surface area contributed by atoms with Gasteiger partial charge >= 0.3 is 0 Å². The van der Waals surface area contributed by atoms with Gasteiger partial charge in [-0.1, -0.05) is 6.92 Å². The molecule has 11 heavy (non-hydrogen) atoms. The van der Waals surface area contributed by atoms with Crippen LogP contribution in [0.1, 0.15) is 13.3 Å². The summed E-state index contributed by atoms with van der Waals surface area (Å²) in [5.41, 5.74) is 0. The highest BCUT2D eigenvalue weighted by Gasteiger charge is 2.20. The number of methoxy groups -OCH3 is 1. The van der Waals surface area contributed by atoms with Gasteiger partial charge in [-0.05, 0) is 6.42 Å². The molecule has 1 saturated heterocycles. The van der Waals surface area contributed by atoms with Crippen LogP contribution < -0.4 is 0 Å². The molecule has 0 amide bonds. The molecule has 1 heterocycles. The lowest BCUT2D eigenvalue weighted by molar-refractivity contribution is -0.123. The highest BCUT2D eigenvalue weighted by Crippen LogP contribution is 2.07. The fourth-order valence-electron chi connectivity index (χ4n) is 1.38. The molecule has 0 saturated carbocycles. The molecule has 0 radical (unpaired) electrons. The Morgan fingerprint density at radius 1 is 1.64 bits per heavy atom. The van der Waals surface area contributed by atoms with Gasteiger partial charge in [0.05, 0.1) is 13.2 Å². The van der Waals surface area contributed by atoms with Gasteiger partial charge in [0, 0.05) is 20.2 Å². The first kappa shape index (κ1) is 8.97. The Labute approximate surface area is 68.3 Å². The smallest absolute Gasteiger partial charge is 0.133 e. The normalized spacial score (nSPS) is 27.3. The second-order valence-electron chi connectivity index (χ2n) is 2.80. The van der Waals surface area contributed by atoms with Crippen LogP contribution in [0.5, 0.6) is 0 Å². The number of hydrogen-bond acceptors (Lipinski definition) is 3. The fraction of sp³-hybridized carbons (Fsp3) is 1.00. The van der Waals surface area contributed by atoms with Crippen molar-refractivity contribution in [3.05, 3.63) is 0 Å². The van der Waals surface area contributed by atoms with Crippen molar-refractivity contribution in [3.63, 3.8) is 0 Å². The van der Waals surface area contributed by atoms with Crippen molar-refractivity contribution in [1.82, 2.24) is 4.90 Å². The summed E-state index contributed by atoms with van der Waals surface area (Å²) in [4.78, 5) is 2.32. The van der Waals surface area contributed by atoms with E-state index in [9.17, 15) is 0 Å². The first-order valence-corrected chi connectivity index (χ1v) is 4.23. The maximum atomic E-state index is 5.28. The minimum absolute atomic E-state index is 0.184. The van der Waals surface area contributed by atoms with Crippen LogP contribution in [0, 0.1) is 0 Å². The van der Waals surface area contributed by atoms with Gasteiger partial charge < -0.3 is 9.47 Å². The van der Waals surface area contributed by atoms with E-state index >= 15 is 0 Å². The minimum Gasteiger partial charge on any atom is -0.376 e. The van der Waals surface area contributed by atoms with Crippen LogP contribution in [-0.4, -0.2) is 44.5 Å². The molecule has 0 bridgehead atoms. The zero-order chi connectivity index (χ0) is 8.10. The molecule has 66 valence electrons. The Kier molecular flexibility index (Phi) is 3.83. The first-order valence-electron chi connectivity index (χ1n) is 4.23. The molecule has 1 rings (SSSR count). The summed E-state index contributed by atoms with van der Waals surface area (Å²) < 4.78 is 10.5. The topological polar surface area (TPSA) is 21.7 Å². The van der Waals surface area contributed by atoms with E-state index in [0.717, 1.165) is 26.3 Å². The molecule has 0 aromatic rings. The summed E-state index contributed by atoms with van der Waals surface area (Å²) >= 11 is 0. The summed E-state index contributed by atoms with van der Waals surface area (Å²) in [5.74, 6) is 0. The van der Waals surface area contributed by atoms with Gasteiger partial charge in [-0.3, -0.25) is 4.90 Å². The van der Waals surface area contributed by atoms with E-state index in [0.29, 0.717) is 0 Å². The Bertz CT molecular complexity index is 106. The molecule has 1 aliphatic rings. The van der Waals surface area contributed by atoms with Gasteiger partial charge in [0.2, 0.25) is 0 Å². The molecule has 1 fully saturated rings. The number of rotatable bonds is 3. The first-order chi connectivity index (χ1) is 5.38. The van der Waals surface area contributed by atoms with Crippen LogP contribution in [0.2, 0.25) is 0 Å². The van der Waals surface area contributed by atoms with Crippen molar-refractivity contribution in [2.45, 2.75) is 19.6 Å². The standard InChI is InChI=1S/C8H17NO2/c1-3-4-9-5-6-11-7-8(9)10-2/h8H,3-7H2,1-2H3. The summed E-state index contributed by atoms with van der Waals surface area (Å²) in [6, 6.07) is 0. The molecular formula is C8H17NO2. The van der Waals surface area contributed by atoms with E-state index in [1.807, 2.05) is 0 Å². The van der Waals surface area contributed by atoms with Gasteiger partial charge in [0.15, 0.2) is 0 Å². The predicted octanol–water partition coefficient (Wildman–Crippen LogP) is 0.701. The van der Waals surface area contributed by atoms with Crippen LogP contribution in [-0.2, 0) is 9.47 Å². The summed E-state index contributed by atoms with van der Waals surface area (Å²) in [6.07, 6.45) is 1.36. The molecule has 3 heteroatoms. The Hall–Kier alpha value is -0.120. The van der Waals surface area contributed by atoms with Crippen LogP contribution in [0.25, 0.3) is 0 Å². The van der Waals surface area contributed by atoms with Crippen LogP contribution >= 0.6 is 0 Å². The molecule has 1 unspecified atom stereocenters. The molecule has 0 N–H and O–H groups in total. The van der Waals surface area contributed by atoms with Crippen molar-refractivity contribution in [2.24, 2.45) is 0 Å². The lowest BCUT2D eigenvalue weighted by Crippen LogP contribution is -2.46. The van der Waals surface area contributed by atoms with E-state index in [4.69, 9.17) is 9.47 Å². The van der Waals surface area contributed by atoms with Crippen molar-refractivity contribution in [3.8, 4) is 0 Å². The minimum atomic E-state index is 0.184. The highest BCUT2D eigenvalue weighted by atomic mass is 16.5. The Balaban J connectivity index is 2.31. The van der Waals surface area contributed by atoms with Gasteiger partial charge in [0.25, 0.3) is 0 Å². The molecule has 0 aliphatic carbocycles. The molecule has 1 aliphatic heterocycles. The molecule has 0 aromatic heterocycles. The van der Waals surface area contributed by atoms with E-state index < -0.39 is 0 Å². The number of morpholine rings is 1. The summed E-state index contributed by atoms with van der Waals surface area (Å²) in [5, 5.41) is 0. The average molecular weight is 159 g/mol. The maximum Gasteiger partial charge on any atom is 0.133 e. The molecule has 1 atom stereocenters. The molecule has 0 aromatic carbocycles. The maximum absolute atomic E-state index is 5.28. The van der Waals surface area contributed by atoms with Crippen molar-refractivity contribution >= 4 is 0 Å². The monoisotopic (exact) mass is 159 g/mol. The van der Waals surface area contributed by atoms with Crippen LogP contribution in [0.15, 0.2) is 0 Å². The second-order valence-corrected chi connectivity index (χ2v) is 2.80. The fourth-order valence-corrected chi connectivity index (χ4v) is 1.38. The lowest BCUT2D eigenvalue weighted by Gasteiger charge is -2.33. The Morgan fingerprint density at radius 2 is 2.45 bits per heavy atom. The van der Waals surface area contributed by atoms with Gasteiger partial charge in [0.1, 0.15) is 6.23 Å². The zero-order valence-corrected chi connectivity index (χ0v) is 7.38. The predicted molar refractivity (Wildman–Crippen MR) is 43.5 cm³/mol. The van der Waals surface area contributed by atoms with Crippen LogP contribution in [0.4, 0.5) is 0 Å². The number of ether oxygens (including phenoxy) is 2. The third kappa shape index (κ3) is 2.43. The largest absolute Gasteiger partial charge is 0.376 e. The van der Waals surface area contributed by atoms with Crippen molar-refractivity contribution < 1.29 is 9.47 Å². The third-order valence-corrected chi connectivity index (χ3v) is 1.97. The van der Waals surface area contributed by atoms with E-state index in [-0.39, 0.29) is 6.23 Å². The van der Waals surface area contributed by atoms with E-state index in [1.54, 1.807) is 7.11 Å². The van der Waals surface area contributed by atoms with Gasteiger partial charge in [-0.25, -0.2) is 0 Å². The number of nitrogens with zero attached hydrogens (tertiary/aromatic N) is 1. The molecule has 0 spiro atoms. The van der Waals surface area contributed by atoms with Gasteiger partial charge in [-0.15, -0.1) is 0 Å². The second kappa shape index (κ2) is 4.70. The van der Waals surface area contributed by atoms with Crippen LogP contribution in [0.3, 0.4) is 0 Å². The molecule has 3 nitrogen and oxygen atoms in total. The Morgan fingerprint density at radius 3 is 3.09 bits per heavy atom. The quantitative estimate of drug-likeness (QED) is 0.605. The number of hydrogen-bond donors (Lipinski definition) is 0. The zero-order valence-electron chi connectivity index (χ0n) is 7.38.